The van der Waals surface area contributed by atoms with Crippen LogP contribution in [-0.4, -0.2) is 45.1 Å². The van der Waals surface area contributed by atoms with Gasteiger partial charge in [-0.05, 0) is 55.0 Å². The number of rotatable bonds is 9. The van der Waals surface area contributed by atoms with E-state index in [1.165, 1.54) is 6.92 Å². The van der Waals surface area contributed by atoms with Crippen molar-refractivity contribution in [1.29, 1.82) is 0 Å². The van der Waals surface area contributed by atoms with Crippen molar-refractivity contribution in [1.82, 2.24) is 15.3 Å². The van der Waals surface area contributed by atoms with Gasteiger partial charge in [0.15, 0.2) is 5.78 Å². The zero-order valence-corrected chi connectivity index (χ0v) is 22.3. The summed E-state index contributed by atoms with van der Waals surface area (Å²) in [5.41, 5.74) is 3.33. The highest BCUT2D eigenvalue weighted by Crippen LogP contribution is 2.32. The molecule has 0 aliphatic carbocycles. The third kappa shape index (κ3) is 5.84. The SMILES string of the molecule is Cc1c(C(=O)[C@@H](NC(=O)C[C@H](NC(=O)c2ccc3c(c2)CCCN3)c2ccccc2)C(C)C)c(O)n(N)c1O. The van der Waals surface area contributed by atoms with Gasteiger partial charge >= 0.3 is 0 Å². The van der Waals surface area contributed by atoms with E-state index < -0.39 is 35.5 Å². The molecule has 7 N–H and O–H groups in total. The summed E-state index contributed by atoms with van der Waals surface area (Å²) in [5, 5.41) is 29.4. The molecule has 2 aromatic carbocycles. The molecule has 206 valence electrons. The number of nitrogens with zero attached hydrogens (tertiary/aromatic N) is 1. The Kier molecular flexibility index (Phi) is 8.13. The number of aryl methyl sites for hydroxylation is 1. The van der Waals surface area contributed by atoms with Gasteiger partial charge in [0.05, 0.1) is 24.1 Å². The number of carbonyl (C=O) groups excluding carboxylic acids is 3. The molecule has 0 saturated heterocycles. The lowest BCUT2D eigenvalue weighted by atomic mass is 9.93. The first-order valence-corrected chi connectivity index (χ1v) is 13.0. The van der Waals surface area contributed by atoms with Gasteiger partial charge in [-0.15, -0.1) is 0 Å². The standard InChI is InChI=1S/C29H35N5O5/c1-16(2)25(26(36)24-17(3)28(38)34(30)29(24)39)33-23(35)15-22(18-8-5-4-6-9-18)32-27(37)20-11-12-21-19(14-20)10-7-13-31-21/h4-6,8-9,11-12,14,16,22,25,31,38-39H,7,10,13,15,30H2,1-3H3,(H,32,37)(H,33,35)/t22-,25-/m0/s1. The molecule has 0 radical (unpaired) electrons. The van der Waals surface area contributed by atoms with Crippen LogP contribution in [0.3, 0.4) is 0 Å². The minimum atomic E-state index is -0.996. The zero-order valence-electron chi connectivity index (χ0n) is 22.3. The predicted octanol–water partition coefficient (Wildman–Crippen LogP) is 3.16. The Morgan fingerprint density at radius 3 is 2.41 bits per heavy atom. The van der Waals surface area contributed by atoms with Crippen molar-refractivity contribution in [3.8, 4) is 11.8 Å². The molecule has 1 aliphatic rings. The molecule has 0 unspecified atom stereocenters. The smallest absolute Gasteiger partial charge is 0.251 e. The fourth-order valence-electron chi connectivity index (χ4n) is 4.88. The van der Waals surface area contributed by atoms with E-state index in [1.54, 1.807) is 19.9 Å². The van der Waals surface area contributed by atoms with Gasteiger partial charge in [0, 0.05) is 23.4 Å². The molecule has 2 amide bonds. The van der Waals surface area contributed by atoms with Crippen molar-refractivity contribution in [2.45, 2.75) is 52.1 Å². The second-order valence-electron chi connectivity index (χ2n) is 10.2. The van der Waals surface area contributed by atoms with Gasteiger partial charge in [-0.1, -0.05) is 44.2 Å². The number of Topliss-reactive ketones (excluding diaryl/α,β-unsaturated/α-hetero) is 1. The maximum atomic E-state index is 13.3. The monoisotopic (exact) mass is 533 g/mol. The number of hydrogen-bond acceptors (Lipinski definition) is 7. The average molecular weight is 534 g/mol. The van der Waals surface area contributed by atoms with E-state index in [0.29, 0.717) is 10.2 Å². The highest BCUT2D eigenvalue weighted by atomic mass is 16.3. The van der Waals surface area contributed by atoms with Crippen molar-refractivity contribution in [3.63, 3.8) is 0 Å². The van der Waals surface area contributed by atoms with E-state index in [4.69, 9.17) is 5.84 Å². The minimum absolute atomic E-state index is 0.118. The summed E-state index contributed by atoms with van der Waals surface area (Å²) >= 11 is 0. The van der Waals surface area contributed by atoms with Gasteiger partial charge in [-0.3, -0.25) is 14.4 Å². The molecule has 10 heteroatoms. The lowest BCUT2D eigenvalue weighted by Crippen LogP contribution is -2.45. The van der Waals surface area contributed by atoms with Crippen LogP contribution in [0.4, 0.5) is 5.69 Å². The molecule has 0 spiro atoms. The van der Waals surface area contributed by atoms with E-state index in [1.807, 2.05) is 42.5 Å². The number of amides is 2. The Morgan fingerprint density at radius 1 is 1.05 bits per heavy atom. The molecule has 1 aromatic heterocycles. The van der Waals surface area contributed by atoms with Crippen LogP contribution in [0, 0.1) is 12.8 Å². The van der Waals surface area contributed by atoms with Crippen LogP contribution in [0.5, 0.6) is 11.8 Å². The number of aromatic hydroxyl groups is 2. The summed E-state index contributed by atoms with van der Waals surface area (Å²) < 4.78 is 0.625. The summed E-state index contributed by atoms with van der Waals surface area (Å²) in [6, 6.07) is 13.0. The van der Waals surface area contributed by atoms with Crippen LogP contribution >= 0.6 is 0 Å². The molecule has 3 aromatic rings. The molecule has 2 atom stereocenters. The van der Waals surface area contributed by atoms with Crippen LogP contribution in [-0.2, 0) is 11.2 Å². The maximum absolute atomic E-state index is 13.3. The predicted molar refractivity (Wildman–Crippen MR) is 148 cm³/mol. The molecule has 39 heavy (non-hydrogen) atoms. The van der Waals surface area contributed by atoms with Crippen LogP contribution in [0.25, 0.3) is 0 Å². The second kappa shape index (κ2) is 11.5. The van der Waals surface area contributed by atoms with Crippen molar-refractivity contribution in [2.75, 3.05) is 17.7 Å². The largest absolute Gasteiger partial charge is 0.493 e. The van der Waals surface area contributed by atoms with Gasteiger partial charge in [0.2, 0.25) is 17.7 Å². The fourth-order valence-corrected chi connectivity index (χ4v) is 4.88. The van der Waals surface area contributed by atoms with E-state index in [0.717, 1.165) is 36.2 Å². The van der Waals surface area contributed by atoms with Gasteiger partial charge in [0.25, 0.3) is 5.91 Å². The molecule has 1 aliphatic heterocycles. The van der Waals surface area contributed by atoms with Crippen molar-refractivity contribution < 1.29 is 24.6 Å². The molecule has 0 saturated carbocycles. The van der Waals surface area contributed by atoms with Crippen molar-refractivity contribution in [3.05, 3.63) is 76.3 Å². The second-order valence-corrected chi connectivity index (χ2v) is 10.2. The summed E-state index contributed by atoms with van der Waals surface area (Å²) in [7, 11) is 0. The number of carbonyl (C=O) groups is 3. The number of nitrogens with two attached hydrogens (primary N) is 1. The Bertz CT molecular complexity index is 1360. The molecule has 10 nitrogen and oxygen atoms in total. The molecule has 4 rings (SSSR count). The molecule has 2 heterocycles. The zero-order chi connectivity index (χ0) is 28.3. The van der Waals surface area contributed by atoms with Gasteiger partial charge in [0.1, 0.15) is 0 Å². The van der Waals surface area contributed by atoms with Crippen LogP contribution in [0.2, 0.25) is 0 Å². The van der Waals surface area contributed by atoms with Crippen molar-refractivity contribution in [2.24, 2.45) is 5.92 Å². The van der Waals surface area contributed by atoms with Crippen LogP contribution < -0.4 is 21.8 Å². The number of nitrogen functional groups attached to an aromatic ring is 1. The lowest BCUT2D eigenvalue weighted by molar-refractivity contribution is -0.122. The number of hydrogen-bond donors (Lipinski definition) is 6. The first-order valence-electron chi connectivity index (χ1n) is 13.0. The fraction of sp³-hybridized carbons (Fsp3) is 0.345. The van der Waals surface area contributed by atoms with Gasteiger partial charge < -0.3 is 32.0 Å². The van der Waals surface area contributed by atoms with Crippen molar-refractivity contribution >= 4 is 23.3 Å². The third-order valence-corrected chi connectivity index (χ3v) is 7.10. The molecular formula is C29H35N5O5. The number of ketones is 1. The molecular weight excluding hydrogens is 498 g/mol. The van der Waals surface area contributed by atoms with E-state index in [-0.39, 0.29) is 29.4 Å². The summed E-state index contributed by atoms with van der Waals surface area (Å²) in [5.74, 6) is 2.93. The average Bonchev–Trinajstić information content (AvgIpc) is 3.13. The Morgan fingerprint density at radius 2 is 1.77 bits per heavy atom. The summed E-state index contributed by atoms with van der Waals surface area (Å²) in [6.07, 6.45) is 1.76. The number of benzene rings is 2. The highest BCUT2D eigenvalue weighted by Gasteiger charge is 2.33. The Labute approximate surface area is 227 Å². The van der Waals surface area contributed by atoms with Crippen LogP contribution in [0.1, 0.15) is 70.1 Å². The minimum Gasteiger partial charge on any atom is -0.493 e. The summed E-state index contributed by atoms with van der Waals surface area (Å²) in [6.45, 7) is 5.89. The topological polar surface area (TPSA) is 159 Å². The number of aromatic nitrogens is 1. The van der Waals surface area contributed by atoms with Gasteiger partial charge in [-0.25, -0.2) is 0 Å². The Balaban J connectivity index is 1.53. The van der Waals surface area contributed by atoms with E-state index in [2.05, 4.69) is 16.0 Å². The van der Waals surface area contributed by atoms with E-state index in [9.17, 15) is 24.6 Å². The normalized spacial score (nSPS) is 14.2. The summed E-state index contributed by atoms with van der Waals surface area (Å²) in [4.78, 5) is 39.8. The maximum Gasteiger partial charge on any atom is 0.251 e. The van der Waals surface area contributed by atoms with E-state index >= 15 is 0 Å². The third-order valence-electron chi connectivity index (χ3n) is 7.10. The van der Waals surface area contributed by atoms with Gasteiger partial charge in [-0.2, -0.15) is 4.68 Å². The quantitative estimate of drug-likeness (QED) is 0.182. The lowest BCUT2D eigenvalue weighted by Gasteiger charge is -2.24. The Hall–Kier alpha value is -4.47. The molecule has 0 bridgehead atoms. The number of fused-ring (bicyclic) bond motifs is 1. The first-order chi connectivity index (χ1) is 18.6. The molecule has 0 fully saturated rings. The van der Waals surface area contributed by atoms with Crippen LogP contribution in [0.15, 0.2) is 48.5 Å². The highest BCUT2D eigenvalue weighted by molar-refractivity contribution is 6.05. The first kappa shape index (κ1) is 27.6. The number of nitrogens with one attached hydrogen (secondary N) is 3. The number of anilines is 1.